The van der Waals surface area contributed by atoms with Gasteiger partial charge in [0.1, 0.15) is 4.88 Å². The monoisotopic (exact) mass is 306 g/mol. The Bertz CT molecular complexity index is 737. The first kappa shape index (κ1) is 15.0. The number of nitrogens with two attached hydrogens (primary N) is 1. The van der Waals surface area contributed by atoms with Crippen molar-refractivity contribution < 1.29 is 14.8 Å². The summed E-state index contributed by atoms with van der Waals surface area (Å²) >= 11 is 1.05. The molecule has 1 heterocycles. The quantitative estimate of drug-likeness (QED) is 0.664. The van der Waals surface area contributed by atoms with E-state index in [1.54, 1.807) is 13.0 Å². The van der Waals surface area contributed by atoms with Gasteiger partial charge in [0.05, 0.1) is 10.6 Å². The van der Waals surface area contributed by atoms with Crippen LogP contribution in [0.2, 0.25) is 0 Å². The Morgan fingerprint density at radius 2 is 2.10 bits per heavy atom. The van der Waals surface area contributed by atoms with Crippen LogP contribution in [0.5, 0.6) is 0 Å². The second-order valence-corrected chi connectivity index (χ2v) is 5.65. The standard InChI is InChI=1S/C14H14N2O4S/c1-3-10-11(15)13(14(17)18)21-12(10)8-4-7(2)5-9(6-8)16(19)20/h4-6H,3,15H2,1-2H3,(H,17,18). The summed E-state index contributed by atoms with van der Waals surface area (Å²) in [6, 6.07) is 4.72. The van der Waals surface area contributed by atoms with Crippen LogP contribution >= 0.6 is 11.3 Å². The van der Waals surface area contributed by atoms with Crippen molar-refractivity contribution in [1.82, 2.24) is 0 Å². The Hall–Kier alpha value is -2.41. The number of anilines is 1. The third-order valence-electron chi connectivity index (χ3n) is 3.13. The highest BCUT2D eigenvalue weighted by Gasteiger charge is 2.21. The third-order valence-corrected chi connectivity index (χ3v) is 4.42. The Balaban J connectivity index is 2.69. The number of thiophene rings is 1. The largest absolute Gasteiger partial charge is 0.477 e. The molecule has 0 aliphatic carbocycles. The summed E-state index contributed by atoms with van der Waals surface area (Å²) in [4.78, 5) is 22.5. The number of nitro groups is 1. The van der Waals surface area contributed by atoms with Gasteiger partial charge in [-0.15, -0.1) is 11.3 Å². The number of rotatable bonds is 4. The summed E-state index contributed by atoms with van der Waals surface area (Å²) in [5.74, 6) is -1.08. The predicted molar refractivity (Wildman–Crippen MR) is 81.9 cm³/mol. The van der Waals surface area contributed by atoms with E-state index in [9.17, 15) is 14.9 Å². The van der Waals surface area contributed by atoms with Crippen LogP contribution in [0.3, 0.4) is 0 Å². The third kappa shape index (κ3) is 2.73. The maximum absolute atomic E-state index is 11.2. The van der Waals surface area contributed by atoms with E-state index in [-0.39, 0.29) is 16.3 Å². The van der Waals surface area contributed by atoms with E-state index in [0.717, 1.165) is 22.5 Å². The summed E-state index contributed by atoms with van der Waals surface area (Å²) < 4.78 is 0. The molecule has 0 unspecified atom stereocenters. The van der Waals surface area contributed by atoms with Crippen molar-refractivity contribution in [3.05, 3.63) is 44.3 Å². The lowest BCUT2D eigenvalue weighted by molar-refractivity contribution is -0.384. The maximum Gasteiger partial charge on any atom is 0.348 e. The zero-order chi connectivity index (χ0) is 15.7. The molecule has 3 N–H and O–H groups in total. The fourth-order valence-corrected chi connectivity index (χ4v) is 3.36. The minimum atomic E-state index is -1.08. The molecular weight excluding hydrogens is 292 g/mol. The van der Waals surface area contributed by atoms with Gasteiger partial charge in [0.15, 0.2) is 0 Å². The molecule has 1 aromatic carbocycles. The van der Waals surface area contributed by atoms with E-state index >= 15 is 0 Å². The van der Waals surface area contributed by atoms with E-state index in [4.69, 9.17) is 10.8 Å². The summed E-state index contributed by atoms with van der Waals surface area (Å²) in [5.41, 5.74) is 8.20. The zero-order valence-electron chi connectivity index (χ0n) is 11.5. The molecule has 0 bridgehead atoms. The molecule has 0 aliphatic heterocycles. The number of aryl methyl sites for hydroxylation is 1. The average Bonchev–Trinajstić information content (AvgIpc) is 2.75. The van der Waals surface area contributed by atoms with Gasteiger partial charge in [-0.05, 0) is 30.0 Å². The van der Waals surface area contributed by atoms with Crippen LogP contribution in [0.25, 0.3) is 10.4 Å². The molecule has 2 aromatic rings. The summed E-state index contributed by atoms with van der Waals surface area (Å²) in [7, 11) is 0. The van der Waals surface area contributed by atoms with E-state index in [1.165, 1.54) is 12.1 Å². The molecule has 0 saturated heterocycles. The van der Waals surface area contributed by atoms with Crippen LogP contribution in [0.4, 0.5) is 11.4 Å². The topological polar surface area (TPSA) is 106 Å². The molecule has 1 aromatic heterocycles. The molecular formula is C14H14N2O4S. The van der Waals surface area contributed by atoms with Crippen LogP contribution in [0.15, 0.2) is 18.2 Å². The summed E-state index contributed by atoms with van der Waals surface area (Å²) in [6.07, 6.45) is 0.562. The normalized spacial score (nSPS) is 10.6. The molecule has 7 heteroatoms. The number of carboxylic acids is 1. The highest BCUT2D eigenvalue weighted by molar-refractivity contribution is 7.18. The SMILES string of the molecule is CCc1c(-c2cc(C)cc([N+](=O)[O-])c2)sc(C(=O)O)c1N. The van der Waals surface area contributed by atoms with Crippen LogP contribution < -0.4 is 5.73 Å². The lowest BCUT2D eigenvalue weighted by Crippen LogP contribution is -1.99. The van der Waals surface area contributed by atoms with Gasteiger partial charge in [-0.3, -0.25) is 10.1 Å². The molecule has 0 amide bonds. The Kier molecular flexibility index (Phi) is 3.95. The zero-order valence-corrected chi connectivity index (χ0v) is 12.4. The summed E-state index contributed by atoms with van der Waals surface area (Å²) in [6.45, 7) is 3.63. The fraction of sp³-hybridized carbons (Fsp3) is 0.214. The molecule has 2 rings (SSSR count). The predicted octanol–water partition coefficient (Wildman–Crippen LogP) is 3.47. The second-order valence-electron chi connectivity index (χ2n) is 4.63. The Morgan fingerprint density at radius 3 is 2.62 bits per heavy atom. The lowest BCUT2D eigenvalue weighted by atomic mass is 10.0. The van der Waals surface area contributed by atoms with Crippen molar-refractivity contribution >= 4 is 28.7 Å². The van der Waals surface area contributed by atoms with Gasteiger partial charge in [0.2, 0.25) is 0 Å². The fourth-order valence-electron chi connectivity index (χ4n) is 2.22. The van der Waals surface area contributed by atoms with E-state index < -0.39 is 10.9 Å². The molecule has 6 nitrogen and oxygen atoms in total. The van der Waals surface area contributed by atoms with Gasteiger partial charge in [0, 0.05) is 17.0 Å². The van der Waals surface area contributed by atoms with Crippen molar-refractivity contribution in [1.29, 1.82) is 0 Å². The number of carbonyl (C=O) groups is 1. The highest BCUT2D eigenvalue weighted by Crippen LogP contribution is 2.40. The van der Waals surface area contributed by atoms with Gasteiger partial charge < -0.3 is 10.8 Å². The number of benzene rings is 1. The van der Waals surface area contributed by atoms with E-state index in [1.807, 2.05) is 6.92 Å². The number of nitro benzene ring substituents is 1. The van der Waals surface area contributed by atoms with Gasteiger partial charge >= 0.3 is 5.97 Å². The molecule has 0 radical (unpaired) electrons. The van der Waals surface area contributed by atoms with Crippen LogP contribution in [0, 0.1) is 17.0 Å². The average molecular weight is 306 g/mol. The first-order chi connectivity index (χ1) is 9.85. The molecule has 0 spiro atoms. The number of nitrogens with zero attached hydrogens (tertiary/aromatic N) is 1. The highest BCUT2D eigenvalue weighted by atomic mass is 32.1. The molecule has 0 atom stereocenters. The van der Waals surface area contributed by atoms with Crippen molar-refractivity contribution in [3.8, 4) is 10.4 Å². The van der Waals surface area contributed by atoms with Gasteiger partial charge in [-0.2, -0.15) is 0 Å². The first-order valence-corrected chi connectivity index (χ1v) is 7.07. The molecule has 0 saturated carbocycles. The van der Waals surface area contributed by atoms with E-state index in [2.05, 4.69) is 0 Å². The number of aromatic carboxylic acids is 1. The molecule has 0 fully saturated rings. The van der Waals surface area contributed by atoms with Crippen molar-refractivity contribution in [2.24, 2.45) is 0 Å². The van der Waals surface area contributed by atoms with Gasteiger partial charge in [-0.25, -0.2) is 4.79 Å². The van der Waals surface area contributed by atoms with Crippen molar-refractivity contribution in [2.45, 2.75) is 20.3 Å². The smallest absolute Gasteiger partial charge is 0.348 e. The number of hydrogen-bond acceptors (Lipinski definition) is 5. The number of non-ortho nitro benzene ring substituents is 1. The number of hydrogen-bond donors (Lipinski definition) is 2. The molecule has 21 heavy (non-hydrogen) atoms. The first-order valence-electron chi connectivity index (χ1n) is 6.26. The van der Waals surface area contributed by atoms with Crippen molar-refractivity contribution in [3.63, 3.8) is 0 Å². The van der Waals surface area contributed by atoms with Crippen LogP contribution in [0.1, 0.15) is 27.7 Å². The van der Waals surface area contributed by atoms with Crippen LogP contribution in [-0.2, 0) is 6.42 Å². The number of nitrogen functional groups attached to an aromatic ring is 1. The maximum atomic E-state index is 11.2. The molecule has 110 valence electrons. The Labute approximate surface area is 125 Å². The minimum absolute atomic E-state index is 0.0177. The minimum Gasteiger partial charge on any atom is -0.477 e. The molecule has 0 aliphatic rings. The van der Waals surface area contributed by atoms with E-state index in [0.29, 0.717) is 16.9 Å². The van der Waals surface area contributed by atoms with Crippen LogP contribution in [-0.4, -0.2) is 16.0 Å². The number of carboxylic acid groups (broad SMARTS) is 1. The Morgan fingerprint density at radius 1 is 1.43 bits per heavy atom. The van der Waals surface area contributed by atoms with Gasteiger partial charge in [0.25, 0.3) is 5.69 Å². The van der Waals surface area contributed by atoms with Gasteiger partial charge in [-0.1, -0.05) is 13.0 Å². The summed E-state index contributed by atoms with van der Waals surface area (Å²) in [5, 5.41) is 20.1. The lowest BCUT2D eigenvalue weighted by Gasteiger charge is -2.04. The van der Waals surface area contributed by atoms with Crippen molar-refractivity contribution in [2.75, 3.05) is 5.73 Å². The second kappa shape index (κ2) is 5.53.